The van der Waals surface area contributed by atoms with Gasteiger partial charge in [0.05, 0.1) is 11.9 Å². The summed E-state index contributed by atoms with van der Waals surface area (Å²) in [6.07, 6.45) is 1.59. The van der Waals surface area contributed by atoms with Gasteiger partial charge in [-0.25, -0.2) is 8.42 Å². The fourth-order valence-corrected chi connectivity index (χ4v) is 5.12. The second-order valence-corrected chi connectivity index (χ2v) is 9.76. The van der Waals surface area contributed by atoms with Crippen molar-refractivity contribution in [2.45, 2.75) is 32.9 Å². The molecule has 0 radical (unpaired) electrons. The molecule has 30 heavy (non-hydrogen) atoms. The van der Waals surface area contributed by atoms with Gasteiger partial charge in [0.2, 0.25) is 15.9 Å². The highest BCUT2D eigenvalue weighted by atomic mass is 32.2. The Bertz CT molecular complexity index is 937. The number of sulfonamides is 1. The van der Waals surface area contributed by atoms with Crippen LogP contribution in [0.5, 0.6) is 0 Å². The zero-order chi connectivity index (χ0) is 21.7. The molecular weight excluding hydrogens is 398 g/mol. The standard InChI is InChI=1S/C23H31N3O3S/c1-4-22(26(30(3,28)29)21-12-10-19(2)11-13-21)23(27)25-16-14-24(15-17-25)18-20-8-6-5-7-9-20/h5-13,22H,4,14-18H2,1-3H3/t22-/m1/s1. The summed E-state index contributed by atoms with van der Waals surface area (Å²) in [5.41, 5.74) is 2.83. The molecule has 162 valence electrons. The summed E-state index contributed by atoms with van der Waals surface area (Å²) < 4.78 is 26.5. The molecule has 1 saturated heterocycles. The molecule has 2 aromatic carbocycles. The summed E-state index contributed by atoms with van der Waals surface area (Å²) in [6, 6.07) is 16.8. The molecule has 1 atom stereocenters. The Hall–Kier alpha value is -2.38. The molecule has 7 heteroatoms. The van der Waals surface area contributed by atoms with E-state index < -0.39 is 16.1 Å². The molecule has 0 aliphatic carbocycles. The Kier molecular flexibility index (Phi) is 7.15. The highest BCUT2D eigenvalue weighted by Gasteiger charge is 2.35. The van der Waals surface area contributed by atoms with E-state index in [0.29, 0.717) is 25.2 Å². The van der Waals surface area contributed by atoms with Crippen LogP contribution in [0.3, 0.4) is 0 Å². The highest BCUT2D eigenvalue weighted by molar-refractivity contribution is 7.92. The topological polar surface area (TPSA) is 60.9 Å². The van der Waals surface area contributed by atoms with Gasteiger partial charge in [0.15, 0.2) is 0 Å². The zero-order valence-electron chi connectivity index (χ0n) is 18.0. The van der Waals surface area contributed by atoms with Crippen LogP contribution in [-0.4, -0.2) is 62.6 Å². The van der Waals surface area contributed by atoms with Crippen molar-refractivity contribution < 1.29 is 13.2 Å². The Balaban J connectivity index is 1.71. The van der Waals surface area contributed by atoms with Crippen molar-refractivity contribution in [2.75, 3.05) is 36.7 Å². The van der Waals surface area contributed by atoms with Crippen LogP contribution in [0.15, 0.2) is 54.6 Å². The molecule has 1 fully saturated rings. The molecule has 1 amide bonds. The second kappa shape index (κ2) is 9.62. The molecule has 6 nitrogen and oxygen atoms in total. The quantitative estimate of drug-likeness (QED) is 0.679. The number of carbonyl (C=O) groups excluding carboxylic acids is 1. The number of rotatable bonds is 7. The molecule has 1 aliphatic rings. The minimum atomic E-state index is -3.60. The monoisotopic (exact) mass is 429 g/mol. The van der Waals surface area contributed by atoms with Crippen molar-refractivity contribution in [3.05, 3.63) is 65.7 Å². The third kappa shape index (κ3) is 5.40. The Morgan fingerprint density at radius 1 is 1.00 bits per heavy atom. The van der Waals surface area contributed by atoms with E-state index in [2.05, 4.69) is 17.0 Å². The Morgan fingerprint density at radius 3 is 2.13 bits per heavy atom. The summed E-state index contributed by atoms with van der Waals surface area (Å²) in [4.78, 5) is 17.5. The molecule has 2 aromatic rings. The lowest BCUT2D eigenvalue weighted by Crippen LogP contribution is -2.55. The molecule has 0 aromatic heterocycles. The van der Waals surface area contributed by atoms with Crippen molar-refractivity contribution in [2.24, 2.45) is 0 Å². The van der Waals surface area contributed by atoms with Crippen LogP contribution in [0.2, 0.25) is 0 Å². The maximum absolute atomic E-state index is 13.3. The van der Waals surface area contributed by atoms with E-state index >= 15 is 0 Å². The van der Waals surface area contributed by atoms with Gasteiger partial charge in [-0.1, -0.05) is 55.0 Å². The number of piperazine rings is 1. The molecule has 0 spiro atoms. The van der Waals surface area contributed by atoms with E-state index in [4.69, 9.17) is 0 Å². The number of amides is 1. The van der Waals surface area contributed by atoms with E-state index in [1.165, 1.54) is 16.1 Å². The van der Waals surface area contributed by atoms with Crippen LogP contribution in [0.1, 0.15) is 24.5 Å². The number of hydrogen-bond donors (Lipinski definition) is 0. The third-order valence-electron chi connectivity index (χ3n) is 5.53. The van der Waals surface area contributed by atoms with E-state index in [1.807, 2.05) is 49.1 Å². The number of aryl methyl sites for hydroxylation is 1. The first-order valence-corrected chi connectivity index (χ1v) is 12.3. The van der Waals surface area contributed by atoms with Crippen LogP contribution in [0, 0.1) is 6.92 Å². The van der Waals surface area contributed by atoms with Gasteiger partial charge in [-0.05, 0) is 31.0 Å². The van der Waals surface area contributed by atoms with Crippen LogP contribution in [0.25, 0.3) is 0 Å². The fraction of sp³-hybridized carbons (Fsp3) is 0.435. The molecule has 3 rings (SSSR count). The highest BCUT2D eigenvalue weighted by Crippen LogP contribution is 2.24. The number of carbonyl (C=O) groups is 1. The fourth-order valence-electron chi connectivity index (χ4n) is 3.91. The SMILES string of the molecule is CC[C@H](C(=O)N1CCN(Cc2ccccc2)CC1)N(c1ccc(C)cc1)S(C)(=O)=O. The predicted octanol–water partition coefficient (Wildman–Crippen LogP) is 2.88. The molecule has 0 N–H and O–H groups in total. The zero-order valence-corrected chi connectivity index (χ0v) is 18.8. The van der Waals surface area contributed by atoms with E-state index in [0.717, 1.165) is 25.2 Å². The van der Waals surface area contributed by atoms with E-state index in [-0.39, 0.29) is 5.91 Å². The maximum Gasteiger partial charge on any atom is 0.246 e. The van der Waals surface area contributed by atoms with Gasteiger partial charge in [0.1, 0.15) is 6.04 Å². The normalized spacial score (nSPS) is 16.3. The minimum absolute atomic E-state index is 0.122. The molecule has 0 saturated carbocycles. The lowest BCUT2D eigenvalue weighted by Gasteiger charge is -2.39. The Morgan fingerprint density at radius 2 is 1.60 bits per heavy atom. The number of hydrogen-bond acceptors (Lipinski definition) is 4. The summed E-state index contributed by atoms with van der Waals surface area (Å²) in [6.45, 7) is 7.44. The number of anilines is 1. The number of nitrogens with zero attached hydrogens (tertiary/aromatic N) is 3. The van der Waals surface area contributed by atoms with Crippen LogP contribution < -0.4 is 4.31 Å². The van der Waals surface area contributed by atoms with Gasteiger partial charge < -0.3 is 4.90 Å². The smallest absolute Gasteiger partial charge is 0.246 e. The first-order chi connectivity index (χ1) is 14.3. The number of benzene rings is 2. The van der Waals surface area contributed by atoms with Gasteiger partial charge in [-0.15, -0.1) is 0 Å². The first kappa shape index (κ1) is 22.3. The van der Waals surface area contributed by atoms with Crippen LogP contribution >= 0.6 is 0 Å². The largest absolute Gasteiger partial charge is 0.338 e. The van der Waals surface area contributed by atoms with Gasteiger partial charge >= 0.3 is 0 Å². The van der Waals surface area contributed by atoms with E-state index in [1.54, 1.807) is 12.1 Å². The summed E-state index contributed by atoms with van der Waals surface area (Å²) in [7, 11) is -3.60. The predicted molar refractivity (Wildman–Crippen MR) is 121 cm³/mol. The maximum atomic E-state index is 13.3. The second-order valence-electron chi connectivity index (χ2n) is 7.91. The van der Waals surface area contributed by atoms with Gasteiger partial charge in [0, 0.05) is 32.7 Å². The lowest BCUT2D eigenvalue weighted by molar-refractivity contribution is -0.134. The first-order valence-electron chi connectivity index (χ1n) is 10.4. The van der Waals surface area contributed by atoms with Crippen molar-refractivity contribution in [1.82, 2.24) is 9.80 Å². The molecule has 1 aliphatic heterocycles. The van der Waals surface area contributed by atoms with Crippen LogP contribution in [-0.2, 0) is 21.4 Å². The van der Waals surface area contributed by atoms with Gasteiger partial charge in [0.25, 0.3) is 0 Å². The Labute approximate surface area is 180 Å². The van der Waals surface area contributed by atoms with Gasteiger partial charge in [-0.3, -0.25) is 14.0 Å². The van der Waals surface area contributed by atoms with Crippen molar-refractivity contribution in [3.8, 4) is 0 Å². The lowest BCUT2D eigenvalue weighted by atomic mass is 10.1. The van der Waals surface area contributed by atoms with Crippen molar-refractivity contribution >= 4 is 21.6 Å². The molecular formula is C23H31N3O3S. The molecule has 0 bridgehead atoms. The van der Waals surface area contributed by atoms with Crippen molar-refractivity contribution in [3.63, 3.8) is 0 Å². The summed E-state index contributed by atoms with van der Waals surface area (Å²) in [5, 5.41) is 0. The van der Waals surface area contributed by atoms with E-state index in [9.17, 15) is 13.2 Å². The molecule has 1 heterocycles. The summed E-state index contributed by atoms with van der Waals surface area (Å²) in [5.74, 6) is -0.122. The van der Waals surface area contributed by atoms with Gasteiger partial charge in [-0.2, -0.15) is 0 Å². The van der Waals surface area contributed by atoms with Crippen molar-refractivity contribution in [1.29, 1.82) is 0 Å². The minimum Gasteiger partial charge on any atom is -0.338 e. The summed E-state index contributed by atoms with van der Waals surface area (Å²) >= 11 is 0. The molecule has 0 unspecified atom stereocenters. The third-order valence-corrected chi connectivity index (χ3v) is 6.71. The van der Waals surface area contributed by atoms with Crippen LogP contribution in [0.4, 0.5) is 5.69 Å². The average molecular weight is 430 g/mol. The average Bonchev–Trinajstić information content (AvgIpc) is 2.73.